The molecule has 44 heavy (non-hydrogen) atoms. The summed E-state index contributed by atoms with van der Waals surface area (Å²) >= 11 is 1.14. The van der Waals surface area contributed by atoms with Crippen LogP contribution in [0.5, 0.6) is 5.75 Å². The van der Waals surface area contributed by atoms with Gasteiger partial charge in [-0.2, -0.15) is 4.99 Å². The number of amides is 3. The molecule has 1 N–H and O–H groups in total. The second-order valence-corrected chi connectivity index (χ2v) is 10.9. The number of benzene rings is 3. The fourth-order valence-corrected chi connectivity index (χ4v) is 5.36. The molecule has 0 atom stereocenters. The Morgan fingerprint density at radius 1 is 1.11 bits per heavy atom. The molecule has 1 aliphatic rings. The van der Waals surface area contributed by atoms with Crippen LogP contribution in [0.1, 0.15) is 30.9 Å². The molecular weight excluding hydrogens is 600 g/mol. The molecule has 228 valence electrons. The number of carbonyl (C=O) groups is 2. The van der Waals surface area contributed by atoms with E-state index in [1.807, 2.05) is 38.1 Å². The van der Waals surface area contributed by atoms with Crippen molar-refractivity contribution in [1.29, 1.82) is 0 Å². The highest BCUT2D eigenvalue weighted by atomic mass is 32.2. The molecule has 0 saturated carbocycles. The lowest BCUT2D eigenvalue weighted by Gasteiger charge is -2.21. The number of carbonyl (C=O) groups excluding carboxylic acids is 2. The topological polar surface area (TPSA) is 102 Å². The van der Waals surface area contributed by atoms with Gasteiger partial charge >= 0.3 is 12.4 Å². The van der Waals surface area contributed by atoms with Gasteiger partial charge in [-0.25, -0.2) is 18.9 Å². The highest BCUT2D eigenvalue weighted by Crippen LogP contribution is 2.34. The number of amidine groups is 1. The Labute approximate surface area is 254 Å². The first-order chi connectivity index (χ1) is 21.0. The zero-order valence-corrected chi connectivity index (χ0v) is 24.3. The second kappa shape index (κ2) is 12.9. The van der Waals surface area contributed by atoms with Crippen molar-refractivity contribution >= 4 is 34.6 Å². The summed E-state index contributed by atoms with van der Waals surface area (Å²) in [7, 11) is 0. The molecule has 3 aromatic carbocycles. The summed E-state index contributed by atoms with van der Waals surface area (Å²) in [6.45, 7) is 4.05. The smallest absolute Gasteiger partial charge is 0.406 e. The summed E-state index contributed by atoms with van der Waals surface area (Å²) < 4.78 is 56.5. The third-order valence-electron chi connectivity index (χ3n) is 6.52. The zero-order valence-electron chi connectivity index (χ0n) is 23.5. The molecule has 0 unspecified atom stereocenters. The Hall–Kier alpha value is -4.72. The number of urea groups is 1. The first-order valence-electron chi connectivity index (χ1n) is 13.5. The number of nitrogens with one attached hydrogen (secondary N) is 1. The van der Waals surface area contributed by atoms with Crippen LogP contribution in [-0.4, -0.2) is 50.5 Å². The van der Waals surface area contributed by atoms with Gasteiger partial charge < -0.3 is 10.1 Å². The monoisotopic (exact) mass is 626 g/mol. The Kier molecular flexibility index (Phi) is 8.99. The molecule has 1 fully saturated rings. The van der Waals surface area contributed by atoms with Crippen molar-refractivity contribution in [2.45, 2.75) is 32.5 Å². The van der Waals surface area contributed by atoms with Crippen LogP contribution >= 0.6 is 11.8 Å². The van der Waals surface area contributed by atoms with E-state index in [0.717, 1.165) is 17.3 Å². The molecule has 1 aromatic heterocycles. The van der Waals surface area contributed by atoms with Gasteiger partial charge in [-0.1, -0.05) is 43.8 Å². The van der Waals surface area contributed by atoms with Crippen LogP contribution in [0, 0.1) is 5.82 Å². The zero-order chi connectivity index (χ0) is 31.4. The number of thioether (sulfide) groups is 1. The van der Waals surface area contributed by atoms with E-state index < -0.39 is 18.2 Å². The number of rotatable bonds is 8. The number of halogens is 4. The number of aromatic nitrogens is 3. The summed E-state index contributed by atoms with van der Waals surface area (Å²) in [5, 5.41) is 7.39. The molecule has 3 amide bonds. The number of aliphatic imine (C=N–C) groups is 1. The molecule has 0 radical (unpaired) electrons. The van der Waals surface area contributed by atoms with Crippen molar-refractivity contribution in [3.63, 3.8) is 0 Å². The molecule has 1 saturated heterocycles. The number of ether oxygens (including phenoxy) is 1. The number of nitrogens with zero attached hydrogens (tertiary/aromatic N) is 5. The maximum absolute atomic E-state index is 13.9. The van der Waals surface area contributed by atoms with E-state index in [4.69, 9.17) is 0 Å². The maximum Gasteiger partial charge on any atom is 0.573 e. The summed E-state index contributed by atoms with van der Waals surface area (Å²) in [6.07, 6.45) is -2.85. The number of hydrogen-bond donors (Lipinski definition) is 1. The van der Waals surface area contributed by atoms with E-state index in [0.29, 0.717) is 34.7 Å². The summed E-state index contributed by atoms with van der Waals surface area (Å²) in [5.41, 5.74) is 3.24. The first kappa shape index (κ1) is 30.7. The normalized spacial score (nSPS) is 14.5. The van der Waals surface area contributed by atoms with Crippen LogP contribution < -0.4 is 15.0 Å². The summed E-state index contributed by atoms with van der Waals surface area (Å²) in [5.74, 6) is -0.516. The summed E-state index contributed by atoms with van der Waals surface area (Å²) in [6, 6.07) is 16.2. The standard InChI is InChI=1S/C30H26F4N6O3S/c1-18(2)24-15-21(31)6-11-25(24)40-26(41)16-44-29(40)37-28(42)35-13-12-19-4-3-5-20(14-19)27-36-17-39(38-27)22-7-9-23(10-8-22)43-30(32,33)34/h3-11,14-15,17-18H,12-13,16H2,1-2H3,(H,35,42). The van der Waals surface area contributed by atoms with Crippen LogP contribution in [0.3, 0.4) is 0 Å². The van der Waals surface area contributed by atoms with Gasteiger partial charge in [0.1, 0.15) is 17.9 Å². The minimum atomic E-state index is -4.77. The van der Waals surface area contributed by atoms with Crippen LogP contribution in [-0.2, 0) is 11.2 Å². The SMILES string of the molecule is CC(C)c1cc(F)ccc1N1C(=O)CSC1=NC(=O)NCCc1cccc(-c2ncn(-c3ccc(OC(F)(F)F)cc3)n2)c1. The molecule has 0 aliphatic carbocycles. The molecule has 2 heterocycles. The van der Waals surface area contributed by atoms with E-state index in [1.165, 1.54) is 58.4 Å². The number of anilines is 1. The Balaban J connectivity index is 1.21. The van der Waals surface area contributed by atoms with Crippen LogP contribution in [0.15, 0.2) is 78.0 Å². The minimum Gasteiger partial charge on any atom is -0.406 e. The highest BCUT2D eigenvalue weighted by Gasteiger charge is 2.33. The van der Waals surface area contributed by atoms with E-state index in [2.05, 4.69) is 25.1 Å². The Bertz CT molecular complexity index is 1710. The van der Waals surface area contributed by atoms with Gasteiger partial charge in [-0.05, 0) is 72.0 Å². The molecule has 9 nitrogen and oxygen atoms in total. The second-order valence-electron chi connectivity index (χ2n) is 10.0. The van der Waals surface area contributed by atoms with E-state index in [-0.39, 0.29) is 35.0 Å². The van der Waals surface area contributed by atoms with E-state index in [1.54, 1.807) is 0 Å². The molecule has 1 aliphatic heterocycles. The molecule has 0 bridgehead atoms. The maximum atomic E-state index is 13.9. The predicted molar refractivity (Wildman–Crippen MR) is 158 cm³/mol. The molecule has 14 heteroatoms. The van der Waals surface area contributed by atoms with Crippen LogP contribution in [0.2, 0.25) is 0 Å². The molecule has 4 aromatic rings. The van der Waals surface area contributed by atoms with Gasteiger partial charge in [-0.3, -0.25) is 9.69 Å². The van der Waals surface area contributed by atoms with E-state index in [9.17, 15) is 27.2 Å². The number of hydrogen-bond acceptors (Lipinski definition) is 6. The van der Waals surface area contributed by atoms with Gasteiger partial charge in [0, 0.05) is 12.1 Å². The lowest BCUT2D eigenvalue weighted by atomic mass is 10.0. The van der Waals surface area contributed by atoms with Gasteiger partial charge in [0.2, 0.25) is 5.91 Å². The highest BCUT2D eigenvalue weighted by molar-refractivity contribution is 8.15. The van der Waals surface area contributed by atoms with Gasteiger partial charge in [0.25, 0.3) is 0 Å². The van der Waals surface area contributed by atoms with Gasteiger partial charge in [-0.15, -0.1) is 18.3 Å². The van der Waals surface area contributed by atoms with Crippen LogP contribution in [0.25, 0.3) is 17.1 Å². The third kappa shape index (κ3) is 7.43. The fourth-order valence-electron chi connectivity index (χ4n) is 4.50. The van der Waals surface area contributed by atoms with Crippen molar-refractivity contribution in [2.75, 3.05) is 17.2 Å². The lowest BCUT2D eigenvalue weighted by molar-refractivity contribution is -0.274. The van der Waals surface area contributed by atoms with Crippen molar-refractivity contribution in [1.82, 2.24) is 20.1 Å². The average Bonchev–Trinajstić information content (AvgIpc) is 3.60. The van der Waals surface area contributed by atoms with E-state index >= 15 is 0 Å². The van der Waals surface area contributed by atoms with Crippen molar-refractivity contribution < 1.29 is 31.9 Å². The lowest BCUT2D eigenvalue weighted by Crippen LogP contribution is -2.32. The van der Waals surface area contributed by atoms with Gasteiger partial charge in [0.15, 0.2) is 11.0 Å². The predicted octanol–water partition coefficient (Wildman–Crippen LogP) is 6.48. The quantitative estimate of drug-likeness (QED) is 0.225. The van der Waals surface area contributed by atoms with Crippen LogP contribution in [0.4, 0.5) is 28.0 Å². The first-order valence-corrected chi connectivity index (χ1v) is 14.4. The average molecular weight is 627 g/mol. The van der Waals surface area contributed by atoms with Gasteiger partial charge in [0.05, 0.1) is 17.1 Å². The summed E-state index contributed by atoms with van der Waals surface area (Å²) in [4.78, 5) is 35.1. The molecular formula is C30H26F4N6O3S. The van der Waals surface area contributed by atoms with Crippen molar-refractivity contribution in [3.8, 4) is 22.8 Å². The van der Waals surface area contributed by atoms with Crippen molar-refractivity contribution in [3.05, 3.63) is 90.0 Å². The minimum absolute atomic E-state index is 0.0535. The van der Waals surface area contributed by atoms with Crippen molar-refractivity contribution in [2.24, 2.45) is 4.99 Å². The largest absolute Gasteiger partial charge is 0.573 e. The Morgan fingerprint density at radius 2 is 1.89 bits per heavy atom. The third-order valence-corrected chi connectivity index (χ3v) is 7.44. The number of alkyl halides is 3. The Morgan fingerprint density at radius 3 is 2.61 bits per heavy atom. The molecule has 5 rings (SSSR count). The fraction of sp³-hybridized carbons (Fsp3) is 0.233. The molecule has 0 spiro atoms.